The van der Waals surface area contributed by atoms with Crippen molar-refractivity contribution < 1.29 is 9.53 Å². The van der Waals surface area contributed by atoms with Gasteiger partial charge in [0.15, 0.2) is 0 Å². The van der Waals surface area contributed by atoms with Crippen LogP contribution in [-0.2, 0) is 4.74 Å². The van der Waals surface area contributed by atoms with Gasteiger partial charge >= 0.3 is 0 Å². The van der Waals surface area contributed by atoms with E-state index in [0.29, 0.717) is 30.5 Å². The van der Waals surface area contributed by atoms with Gasteiger partial charge in [0.1, 0.15) is 5.82 Å². The van der Waals surface area contributed by atoms with E-state index in [0.717, 1.165) is 13.0 Å². The predicted molar refractivity (Wildman–Crippen MR) is 76.4 cm³/mol. The number of nitrogens with one attached hydrogen (secondary N) is 2. The van der Waals surface area contributed by atoms with Crippen LogP contribution in [0.4, 0.5) is 5.82 Å². The molecule has 0 aliphatic carbocycles. The fourth-order valence-corrected chi connectivity index (χ4v) is 1.47. The van der Waals surface area contributed by atoms with Gasteiger partial charge in [-0.05, 0) is 24.5 Å². The molecule has 0 aliphatic rings. The number of hydrogen-bond donors (Lipinski definition) is 2. The molecule has 5 nitrogen and oxygen atoms in total. The number of carbonyl (C=O) groups excluding carboxylic acids is 1. The maximum atomic E-state index is 11.8. The van der Waals surface area contributed by atoms with Crippen LogP contribution in [0, 0.1) is 5.92 Å². The second kappa shape index (κ2) is 8.48. The summed E-state index contributed by atoms with van der Waals surface area (Å²) in [5, 5.41) is 5.72. The van der Waals surface area contributed by atoms with Gasteiger partial charge in [-0.3, -0.25) is 4.79 Å². The Bertz CT molecular complexity index is 394. The van der Waals surface area contributed by atoms with Gasteiger partial charge in [0.05, 0.1) is 6.61 Å². The smallest absolute Gasteiger partial charge is 0.251 e. The summed E-state index contributed by atoms with van der Waals surface area (Å²) >= 11 is 0. The molecular formula is C14H23N3O2. The molecule has 0 saturated carbocycles. The Labute approximate surface area is 114 Å². The van der Waals surface area contributed by atoms with Crippen LogP contribution in [0.5, 0.6) is 0 Å². The van der Waals surface area contributed by atoms with Gasteiger partial charge in [-0.15, -0.1) is 0 Å². The SMILES string of the molecule is CNc1cc(C(=O)NCCOCCC(C)C)ccn1. The highest BCUT2D eigenvalue weighted by Gasteiger charge is 2.05. The number of rotatable bonds is 8. The first kappa shape index (κ1) is 15.4. The molecule has 0 spiro atoms. The molecule has 0 saturated heterocycles. The van der Waals surface area contributed by atoms with Crippen molar-refractivity contribution in [3.63, 3.8) is 0 Å². The molecule has 0 unspecified atom stereocenters. The van der Waals surface area contributed by atoms with E-state index < -0.39 is 0 Å². The molecule has 1 heterocycles. The molecule has 0 atom stereocenters. The summed E-state index contributed by atoms with van der Waals surface area (Å²) < 4.78 is 5.44. The minimum atomic E-state index is -0.105. The van der Waals surface area contributed by atoms with E-state index in [2.05, 4.69) is 29.5 Å². The number of hydrogen-bond acceptors (Lipinski definition) is 4. The molecule has 106 valence electrons. The predicted octanol–water partition coefficient (Wildman–Crippen LogP) is 1.92. The molecule has 19 heavy (non-hydrogen) atoms. The Kier molecular flexibility index (Phi) is 6.89. The lowest BCUT2D eigenvalue weighted by Gasteiger charge is -2.08. The van der Waals surface area contributed by atoms with Crippen LogP contribution in [0.15, 0.2) is 18.3 Å². The monoisotopic (exact) mass is 265 g/mol. The van der Waals surface area contributed by atoms with Crippen LogP contribution in [-0.4, -0.2) is 37.7 Å². The average molecular weight is 265 g/mol. The Morgan fingerprint density at radius 1 is 1.42 bits per heavy atom. The van der Waals surface area contributed by atoms with Crippen LogP contribution in [0.1, 0.15) is 30.6 Å². The van der Waals surface area contributed by atoms with E-state index in [9.17, 15) is 4.79 Å². The highest BCUT2D eigenvalue weighted by Crippen LogP contribution is 2.05. The van der Waals surface area contributed by atoms with Crippen LogP contribution < -0.4 is 10.6 Å². The van der Waals surface area contributed by atoms with Gasteiger partial charge in [0, 0.05) is 32.0 Å². The minimum absolute atomic E-state index is 0.105. The van der Waals surface area contributed by atoms with Crippen molar-refractivity contribution in [2.24, 2.45) is 5.92 Å². The molecule has 1 rings (SSSR count). The summed E-state index contributed by atoms with van der Waals surface area (Å²) in [5.41, 5.74) is 0.599. The summed E-state index contributed by atoms with van der Waals surface area (Å²) in [7, 11) is 1.77. The van der Waals surface area contributed by atoms with E-state index >= 15 is 0 Å². The molecule has 1 amide bonds. The number of anilines is 1. The molecule has 5 heteroatoms. The van der Waals surface area contributed by atoms with Gasteiger partial charge in [-0.25, -0.2) is 4.98 Å². The van der Waals surface area contributed by atoms with Gasteiger partial charge < -0.3 is 15.4 Å². The van der Waals surface area contributed by atoms with Crippen molar-refractivity contribution in [2.75, 3.05) is 32.1 Å². The van der Waals surface area contributed by atoms with Crippen molar-refractivity contribution in [3.8, 4) is 0 Å². The van der Waals surface area contributed by atoms with Crippen molar-refractivity contribution in [1.82, 2.24) is 10.3 Å². The van der Waals surface area contributed by atoms with Crippen LogP contribution in [0.3, 0.4) is 0 Å². The van der Waals surface area contributed by atoms with E-state index in [1.165, 1.54) is 0 Å². The molecule has 0 bridgehead atoms. The largest absolute Gasteiger partial charge is 0.380 e. The Morgan fingerprint density at radius 3 is 2.89 bits per heavy atom. The summed E-state index contributed by atoms with van der Waals surface area (Å²) in [4.78, 5) is 15.9. The van der Waals surface area contributed by atoms with Crippen molar-refractivity contribution in [1.29, 1.82) is 0 Å². The number of ether oxygens (including phenoxy) is 1. The van der Waals surface area contributed by atoms with Crippen molar-refractivity contribution in [3.05, 3.63) is 23.9 Å². The Morgan fingerprint density at radius 2 is 2.21 bits per heavy atom. The maximum absolute atomic E-state index is 11.8. The van der Waals surface area contributed by atoms with Gasteiger partial charge in [-0.2, -0.15) is 0 Å². The molecule has 0 aliphatic heterocycles. The Balaban J connectivity index is 2.23. The fraction of sp³-hybridized carbons (Fsp3) is 0.571. The lowest BCUT2D eigenvalue weighted by molar-refractivity contribution is 0.0906. The van der Waals surface area contributed by atoms with Gasteiger partial charge in [-0.1, -0.05) is 13.8 Å². The highest BCUT2D eigenvalue weighted by molar-refractivity contribution is 5.94. The molecule has 0 fully saturated rings. The molecule has 0 radical (unpaired) electrons. The maximum Gasteiger partial charge on any atom is 0.251 e. The second-order valence-electron chi connectivity index (χ2n) is 4.73. The summed E-state index contributed by atoms with van der Waals surface area (Å²) in [6, 6.07) is 3.41. The van der Waals surface area contributed by atoms with E-state index in [1.807, 2.05) is 0 Å². The topological polar surface area (TPSA) is 63.2 Å². The third-order valence-electron chi connectivity index (χ3n) is 2.65. The van der Waals surface area contributed by atoms with Crippen LogP contribution in [0.2, 0.25) is 0 Å². The standard InChI is InChI=1S/C14H23N3O2/c1-11(2)5-8-19-9-7-17-14(18)12-4-6-16-13(10-12)15-3/h4,6,10-11H,5,7-9H2,1-3H3,(H,15,16)(H,17,18). The summed E-state index contributed by atoms with van der Waals surface area (Å²) in [5.74, 6) is 1.22. The molecule has 0 aromatic carbocycles. The Hall–Kier alpha value is -1.62. The lowest BCUT2D eigenvalue weighted by Crippen LogP contribution is -2.27. The molecular weight excluding hydrogens is 242 g/mol. The number of amides is 1. The minimum Gasteiger partial charge on any atom is -0.380 e. The molecule has 1 aromatic rings. The fourth-order valence-electron chi connectivity index (χ4n) is 1.47. The molecule has 2 N–H and O–H groups in total. The number of carbonyl (C=O) groups is 1. The zero-order valence-electron chi connectivity index (χ0n) is 11.9. The third-order valence-corrected chi connectivity index (χ3v) is 2.65. The lowest BCUT2D eigenvalue weighted by atomic mass is 10.1. The summed E-state index contributed by atoms with van der Waals surface area (Å²) in [6.45, 7) is 6.13. The normalized spacial score (nSPS) is 10.5. The third kappa shape index (κ3) is 6.20. The quantitative estimate of drug-likeness (QED) is 0.705. The first-order valence-electron chi connectivity index (χ1n) is 6.63. The average Bonchev–Trinajstić information content (AvgIpc) is 2.42. The highest BCUT2D eigenvalue weighted by atomic mass is 16.5. The van der Waals surface area contributed by atoms with E-state index in [1.54, 1.807) is 25.4 Å². The second-order valence-corrected chi connectivity index (χ2v) is 4.73. The van der Waals surface area contributed by atoms with E-state index in [4.69, 9.17) is 4.74 Å². The first-order valence-corrected chi connectivity index (χ1v) is 6.63. The van der Waals surface area contributed by atoms with Crippen molar-refractivity contribution >= 4 is 11.7 Å². The van der Waals surface area contributed by atoms with Crippen LogP contribution >= 0.6 is 0 Å². The zero-order chi connectivity index (χ0) is 14.1. The number of aromatic nitrogens is 1. The van der Waals surface area contributed by atoms with Crippen molar-refractivity contribution in [2.45, 2.75) is 20.3 Å². The summed E-state index contributed by atoms with van der Waals surface area (Å²) in [6.07, 6.45) is 2.66. The zero-order valence-corrected chi connectivity index (χ0v) is 11.9. The first-order chi connectivity index (χ1) is 9.13. The van der Waals surface area contributed by atoms with Gasteiger partial charge in [0.2, 0.25) is 0 Å². The number of nitrogens with zero attached hydrogens (tertiary/aromatic N) is 1. The van der Waals surface area contributed by atoms with E-state index in [-0.39, 0.29) is 5.91 Å². The van der Waals surface area contributed by atoms with Gasteiger partial charge in [0.25, 0.3) is 5.91 Å². The number of pyridine rings is 1. The van der Waals surface area contributed by atoms with Crippen LogP contribution in [0.25, 0.3) is 0 Å². The molecule has 1 aromatic heterocycles.